The van der Waals surface area contributed by atoms with Gasteiger partial charge in [0.15, 0.2) is 0 Å². The lowest BCUT2D eigenvalue weighted by Crippen LogP contribution is -2.19. The normalized spacial score (nSPS) is 13.0. The second-order valence-electron chi connectivity index (χ2n) is 5.22. The number of fused-ring (bicyclic) bond motifs is 1. The molecule has 0 saturated heterocycles. The number of para-hydroxylation sites is 1. The van der Waals surface area contributed by atoms with Crippen LogP contribution in [0, 0.1) is 0 Å². The number of hydrogen-bond acceptors (Lipinski definition) is 4. The number of anilines is 1. The molecule has 0 atom stereocenters. The number of aryl methyl sites for hydroxylation is 1. The molecule has 0 saturated carbocycles. The van der Waals surface area contributed by atoms with Crippen LogP contribution in [0.5, 0.6) is 5.75 Å². The van der Waals surface area contributed by atoms with Crippen molar-refractivity contribution in [3.8, 4) is 5.75 Å². The fourth-order valence-electron chi connectivity index (χ4n) is 2.40. The molecule has 0 bridgehead atoms. The smallest absolute Gasteiger partial charge is 0.338 e. The number of nitrogens with one attached hydrogen (secondary N) is 1. The van der Waals surface area contributed by atoms with Crippen molar-refractivity contribution in [2.75, 3.05) is 18.5 Å². The van der Waals surface area contributed by atoms with E-state index in [2.05, 4.69) is 5.32 Å². The maximum Gasteiger partial charge on any atom is 0.338 e. The summed E-state index contributed by atoms with van der Waals surface area (Å²) in [5.74, 6) is 0.361. The zero-order valence-corrected chi connectivity index (χ0v) is 12.6. The van der Waals surface area contributed by atoms with E-state index in [1.807, 2.05) is 30.3 Å². The first-order valence-corrected chi connectivity index (χ1v) is 7.50. The number of hydrogen-bond donors (Lipinski definition) is 1. The molecule has 0 unspecified atom stereocenters. The van der Waals surface area contributed by atoms with Crippen LogP contribution in [0.15, 0.2) is 48.5 Å². The summed E-state index contributed by atoms with van der Waals surface area (Å²) >= 11 is 0. The monoisotopic (exact) mass is 311 g/mol. The number of carbonyl (C=O) groups excluding carboxylic acids is 2. The molecule has 5 heteroatoms. The summed E-state index contributed by atoms with van der Waals surface area (Å²) in [6.07, 6.45) is 1.08. The highest BCUT2D eigenvalue weighted by molar-refractivity contribution is 5.96. The van der Waals surface area contributed by atoms with Crippen molar-refractivity contribution in [2.24, 2.45) is 0 Å². The highest BCUT2D eigenvalue weighted by Gasteiger charge is 2.17. The Hall–Kier alpha value is -2.82. The van der Waals surface area contributed by atoms with Crippen LogP contribution in [0.2, 0.25) is 0 Å². The van der Waals surface area contributed by atoms with E-state index in [1.165, 1.54) is 0 Å². The standard InChI is InChI=1S/C18H17NO4/c20-17-9-7-13-12-14(6-8-16(13)19-17)18(21)23-11-10-22-15-4-2-1-3-5-15/h1-6,8,12H,7,9-11H2,(H,19,20). The molecule has 1 aliphatic heterocycles. The summed E-state index contributed by atoms with van der Waals surface area (Å²) in [6, 6.07) is 14.5. The third kappa shape index (κ3) is 3.88. The Balaban J connectivity index is 1.51. The number of esters is 1. The van der Waals surface area contributed by atoms with E-state index in [0.29, 0.717) is 25.0 Å². The molecule has 23 heavy (non-hydrogen) atoms. The van der Waals surface area contributed by atoms with Gasteiger partial charge >= 0.3 is 5.97 Å². The fourth-order valence-corrected chi connectivity index (χ4v) is 2.40. The predicted octanol–water partition coefficient (Wildman–Crippen LogP) is 2.81. The number of rotatable bonds is 5. The maximum atomic E-state index is 12.0. The molecule has 1 amide bonds. The first kappa shape index (κ1) is 15.1. The van der Waals surface area contributed by atoms with E-state index >= 15 is 0 Å². The van der Waals surface area contributed by atoms with Gasteiger partial charge in [0.2, 0.25) is 5.91 Å². The maximum absolute atomic E-state index is 12.0. The van der Waals surface area contributed by atoms with Gasteiger partial charge < -0.3 is 14.8 Å². The highest BCUT2D eigenvalue weighted by Crippen LogP contribution is 2.23. The predicted molar refractivity (Wildman–Crippen MR) is 85.6 cm³/mol. The van der Waals surface area contributed by atoms with E-state index in [-0.39, 0.29) is 18.5 Å². The minimum absolute atomic E-state index is 0.00545. The largest absolute Gasteiger partial charge is 0.490 e. The van der Waals surface area contributed by atoms with E-state index < -0.39 is 0 Å². The molecule has 2 aromatic rings. The van der Waals surface area contributed by atoms with Gasteiger partial charge in [0.05, 0.1) is 5.56 Å². The molecule has 0 aliphatic carbocycles. The lowest BCUT2D eigenvalue weighted by molar-refractivity contribution is -0.116. The summed E-state index contributed by atoms with van der Waals surface area (Å²) in [7, 11) is 0. The molecule has 3 rings (SSSR count). The summed E-state index contributed by atoms with van der Waals surface area (Å²) in [6.45, 7) is 0.484. The zero-order chi connectivity index (χ0) is 16.1. The van der Waals surface area contributed by atoms with Crippen LogP contribution in [-0.2, 0) is 16.0 Å². The minimum atomic E-state index is -0.388. The van der Waals surface area contributed by atoms with Crippen LogP contribution in [0.25, 0.3) is 0 Å². The van der Waals surface area contributed by atoms with Crippen LogP contribution < -0.4 is 10.1 Å². The summed E-state index contributed by atoms with van der Waals surface area (Å²) < 4.78 is 10.7. The fraction of sp³-hybridized carbons (Fsp3) is 0.222. The average Bonchev–Trinajstić information content (AvgIpc) is 2.59. The van der Waals surface area contributed by atoms with E-state index in [0.717, 1.165) is 17.0 Å². The van der Waals surface area contributed by atoms with Crippen molar-refractivity contribution >= 4 is 17.6 Å². The first-order chi connectivity index (χ1) is 11.2. The van der Waals surface area contributed by atoms with Gasteiger partial charge in [0, 0.05) is 12.1 Å². The molecule has 0 radical (unpaired) electrons. The van der Waals surface area contributed by atoms with Crippen molar-refractivity contribution in [1.82, 2.24) is 0 Å². The van der Waals surface area contributed by atoms with Crippen molar-refractivity contribution in [3.63, 3.8) is 0 Å². The van der Waals surface area contributed by atoms with Gasteiger partial charge in [-0.1, -0.05) is 18.2 Å². The minimum Gasteiger partial charge on any atom is -0.490 e. The quantitative estimate of drug-likeness (QED) is 0.681. The molecule has 0 fully saturated rings. The number of ether oxygens (including phenoxy) is 2. The molecule has 0 aromatic heterocycles. The number of amides is 1. The van der Waals surface area contributed by atoms with Crippen LogP contribution in [0.4, 0.5) is 5.69 Å². The second-order valence-corrected chi connectivity index (χ2v) is 5.22. The Morgan fingerprint density at radius 1 is 1.04 bits per heavy atom. The van der Waals surface area contributed by atoms with Crippen LogP contribution in [0.1, 0.15) is 22.3 Å². The molecule has 2 aromatic carbocycles. The summed E-state index contributed by atoms with van der Waals surface area (Å²) in [4.78, 5) is 23.4. The van der Waals surface area contributed by atoms with Gasteiger partial charge in [-0.05, 0) is 42.3 Å². The van der Waals surface area contributed by atoms with Gasteiger partial charge in [-0.15, -0.1) is 0 Å². The van der Waals surface area contributed by atoms with E-state index in [9.17, 15) is 9.59 Å². The first-order valence-electron chi connectivity index (χ1n) is 7.50. The Morgan fingerprint density at radius 2 is 1.87 bits per heavy atom. The summed E-state index contributed by atoms with van der Waals surface area (Å²) in [5, 5.41) is 2.79. The van der Waals surface area contributed by atoms with Gasteiger partial charge in [0.25, 0.3) is 0 Å². The van der Waals surface area contributed by atoms with Crippen molar-refractivity contribution in [2.45, 2.75) is 12.8 Å². The molecule has 0 spiro atoms. The lowest BCUT2D eigenvalue weighted by Gasteiger charge is -2.17. The lowest BCUT2D eigenvalue weighted by atomic mass is 10.0. The third-order valence-electron chi connectivity index (χ3n) is 3.56. The van der Waals surface area contributed by atoms with E-state index in [4.69, 9.17) is 9.47 Å². The molecule has 118 valence electrons. The zero-order valence-electron chi connectivity index (χ0n) is 12.6. The Kier molecular flexibility index (Phi) is 4.57. The van der Waals surface area contributed by atoms with Gasteiger partial charge in [-0.2, -0.15) is 0 Å². The van der Waals surface area contributed by atoms with Crippen molar-refractivity contribution < 1.29 is 19.1 Å². The summed E-state index contributed by atoms with van der Waals surface area (Å²) in [5.41, 5.74) is 2.21. The van der Waals surface area contributed by atoms with Crippen LogP contribution in [-0.4, -0.2) is 25.1 Å². The molecule has 1 aliphatic rings. The van der Waals surface area contributed by atoms with Gasteiger partial charge in [-0.3, -0.25) is 4.79 Å². The highest BCUT2D eigenvalue weighted by atomic mass is 16.6. The Labute approximate surface area is 134 Å². The van der Waals surface area contributed by atoms with Crippen LogP contribution >= 0.6 is 0 Å². The molecule has 1 heterocycles. The third-order valence-corrected chi connectivity index (χ3v) is 3.56. The Morgan fingerprint density at radius 3 is 2.70 bits per heavy atom. The van der Waals surface area contributed by atoms with E-state index in [1.54, 1.807) is 18.2 Å². The van der Waals surface area contributed by atoms with Crippen molar-refractivity contribution in [1.29, 1.82) is 0 Å². The Bertz CT molecular complexity index is 712. The average molecular weight is 311 g/mol. The molecular formula is C18H17NO4. The molecular weight excluding hydrogens is 294 g/mol. The second kappa shape index (κ2) is 6.96. The van der Waals surface area contributed by atoms with Crippen LogP contribution in [0.3, 0.4) is 0 Å². The molecule has 5 nitrogen and oxygen atoms in total. The SMILES string of the molecule is O=C1CCc2cc(C(=O)OCCOc3ccccc3)ccc2N1. The van der Waals surface area contributed by atoms with Gasteiger partial charge in [-0.25, -0.2) is 4.79 Å². The van der Waals surface area contributed by atoms with Crippen molar-refractivity contribution in [3.05, 3.63) is 59.7 Å². The number of carbonyl (C=O) groups is 2. The number of benzene rings is 2. The topological polar surface area (TPSA) is 64.6 Å². The van der Waals surface area contributed by atoms with Gasteiger partial charge in [0.1, 0.15) is 19.0 Å². The molecule has 1 N–H and O–H groups in total.